The van der Waals surface area contributed by atoms with E-state index in [4.69, 9.17) is 17.3 Å². The van der Waals surface area contributed by atoms with Gasteiger partial charge in [0.05, 0.1) is 5.02 Å². The summed E-state index contributed by atoms with van der Waals surface area (Å²) in [5, 5.41) is 6.96. The Labute approximate surface area is 146 Å². The maximum Gasteiger partial charge on any atom is 0.160 e. The summed E-state index contributed by atoms with van der Waals surface area (Å²) in [4.78, 5) is 15.1. The van der Waals surface area contributed by atoms with Crippen LogP contribution in [-0.2, 0) is 0 Å². The van der Waals surface area contributed by atoms with Crippen molar-refractivity contribution in [1.82, 2.24) is 19.9 Å². The number of nitrogens with one attached hydrogen (secondary N) is 2. The Morgan fingerprint density at radius 3 is 2.62 bits per heavy atom. The normalized spacial score (nSPS) is 15.2. The van der Waals surface area contributed by atoms with E-state index in [1.807, 2.05) is 0 Å². The van der Waals surface area contributed by atoms with Gasteiger partial charge in [0.1, 0.15) is 17.8 Å². The van der Waals surface area contributed by atoms with E-state index in [1.165, 1.54) is 38.7 Å². The molecule has 2 aromatic rings. The average molecular weight is 348 g/mol. The number of pyridine rings is 1. The lowest BCUT2D eigenvalue weighted by Gasteiger charge is -2.26. The lowest BCUT2D eigenvalue weighted by atomic mass is 10.1. The summed E-state index contributed by atoms with van der Waals surface area (Å²) in [5.41, 5.74) is 6.64. The number of nitrogens with two attached hydrogens (primary N) is 1. The second-order valence-electron chi connectivity index (χ2n) is 5.80. The maximum absolute atomic E-state index is 6.16. The summed E-state index contributed by atoms with van der Waals surface area (Å²) in [6.07, 6.45) is 6.98. The minimum Gasteiger partial charge on any atom is -0.393 e. The Morgan fingerprint density at radius 2 is 1.88 bits per heavy atom. The first-order valence-corrected chi connectivity index (χ1v) is 8.55. The molecule has 0 bridgehead atoms. The van der Waals surface area contributed by atoms with E-state index in [-0.39, 0.29) is 0 Å². The fourth-order valence-electron chi connectivity index (χ4n) is 2.72. The number of hydrogen-bond acceptors (Lipinski definition) is 7. The molecular weight excluding hydrogens is 326 g/mol. The molecular formula is C16H22ClN7. The van der Waals surface area contributed by atoms with Crippen molar-refractivity contribution in [3.05, 3.63) is 29.7 Å². The number of halogens is 1. The molecule has 0 spiro atoms. The molecule has 128 valence electrons. The molecule has 1 aliphatic rings. The molecule has 24 heavy (non-hydrogen) atoms. The van der Waals surface area contributed by atoms with Crippen molar-refractivity contribution >= 4 is 34.7 Å². The van der Waals surface area contributed by atoms with Gasteiger partial charge in [0.15, 0.2) is 11.6 Å². The monoisotopic (exact) mass is 347 g/mol. The number of rotatable bonds is 6. The van der Waals surface area contributed by atoms with Crippen LogP contribution in [0, 0.1) is 0 Å². The van der Waals surface area contributed by atoms with E-state index in [1.54, 1.807) is 18.3 Å². The molecule has 0 atom stereocenters. The second-order valence-corrected chi connectivity index (χ2v) is 6.24. The van der Waals surface area contributed by atoms with Gasteiger partial charge < -0.3 is 21.3 Å². The maximum atomic E-state index is 6.16. The topological polar surface area (TPSA) is 92.0 Å². The fourth-order valence-corrected chi connectivity index (χ4v) is 2.83. The first-order chi connectivity index (χ1) is 11.7. The number of hydrogen-bond donors (Lipinski definition) is 3. The van der Waals surface area contributed by atoms with Crippen molar-refractivity contribution in [2.24, 2.45) is 0 Å². The Hall–Kier alpha value is -2.12. The van der Waals surface area contributed by atoms with Gasteiger partial charge in [-0.2, -0.15) is 0 Å². The first kappa shape index (κ1) is 16.7. The SMILES string of the molecule is Nc1c(NCCN2CCCCC2)ncnc1Nc1ccc(Cl)cn1. The Bertz CT molecular complexity index is 656. The highest BCUT2D eigenvalue weighted by molar-refractivity contribution is 6.30. The van der Waals surface area contributed by atoms with E-state index in [0.29, 0.717) is 28.2 Å². The summed E-state index contributed by atoms with van der Waals surface area (Å²) in [7, 11) is 0. The van der Waals surface area contributed by atoms with Gasteiger partial charge in [-0.1, -0.05) is 18.0 Å². The van der Waals surface area contributed by atoms with Crippen LogP contribution in [-0.4, -0.2) is 46.0 Å². The van der Waals surface area contributed by atoms with Gasteiger partial charge in [-0.05, 0) is 38.1 Å². The summed E-state index contributed by atoms with van der Waals surface area (Å²) in [6.45, 7) is 4.15. The van der Waals surface area contributed by atoms with Crippen LogP contribution in [0.2, 0.25) is 5.02 Å². The minimum absolute atomic E-state index is 0.480. The van der Waals surface area contributed by atoms with Crippen LogP contribution in [0.1, 0.15) is 19.3 Å². The molecule has 1 aliphatic heterocycles. The Morgan fingerprint density at radius 1 is 1.08 bits per heavy atom. The molecule has 0 aliphatic carbocycles. The van der Waals surface area contributed by atoms with E-state index < -0.39 is 0 Å². The van der Waals surface area contributed by atoms with Crippen LogP contribution in [0.3, 0.4) is 0 Å². The van der Waals surface area contributed by atoms with Gasteiger partial charge in [-0.15, -0.1) is 0 Å². The molecule has 1 fully saturated rings. The third-order valence-electron chi connectivity index (χ3n) is 4.03. The van der Waals surface area contributed by atoms with Gasteiger partial charge in [-0.3, -0.25) is 0 Å². The lowest BCUT2D eigenvalue weighted by Crippen LogP contribution is -2.33. The van der Waals surface area contributed by atoms with Crippen molar-refractivity contribution in [2.75, 3.05) is 42.5 Å². The van der Waals surface area contributed by atoms with Gasteiger partial charge in [0.25, 0.3) is 0 Å². The van der Waals surface area contributed by atoms with E-state index in [0.717, 1.165) is 13.1 Å². The molecule has 0 saturated carbocycles. The standard InChI is InChI=1S/C16H22ClN7/c17-12-4-5-13(20-10-12)23-16-14(18)15(21-11-22-16)19-6-9-24-7-2-1-3-8-24/h4-5,10-11H,1-3,6-9,18H2,(H2,19,20,21,22,23). The van der Waals surface area contributed by atoms with Gasteiger partial charge in [-0.25, -0.2) is 15.0 Å². The van der Waals surface area contributed by atoms with Gasteiger partial charge in [0, 0.05) is 19.3 Å². The van der Waals surface area contributed by atoms with Gasteiger partial charge >= 0.3 is 0 Å². The molecule has 0 unspecified atom stereocenters. The highest BCUT2D eigenvalue weighted by Gasteiger charge is 2.11. The quantitative estimate of drug-likeness (QED) is 0.739. The first-order valence-electron chi connectivity index (χ1n) is 8.17. The molecule has 1 saturated heterocycles. The minimum atomic E-state index is 0.480. The zero-order valence-corrected chi connectivity index (χ0v) is 14.3. The van der Waals surface area contributed by atoms with E-state index >= 15 is 0 Å². The number of nitrogens with zero attached hydrogens (tertiary/aromatic N) is 4. The number of likely N-dealkylation sites (tertiary alicyclic amines) is 1. The highest BCUT2D eigenvalue weighted by atomic mass is 35.5. The molecule has 3 heterocycles. The van der Waals surface area contributed by atoms with E-state index in [9.17, 15) is 0 Å². The van der Waals surface area contributed by atoms with Crippen LogP contribution in [0.5, 0.6) is 0 Å². The van der Waals surface area contributed by atoms with Crippen molar-refractivity contribution in [1.29, 1.82) is 0 Å². The Kier molecular flexibility index (Phi) is 5.66. The molecule has 0 radical (unpaired) electrons. The van der Waals surface area contributed by atoms with Gasteiger partial charge in [0.2, 0.25) is 0 Å². The Balaban J connectivity index is 1.59. The van der Waals surface area contributed by atoms with Crippen molar-refractivity contribution in [3.63, 3.8) is 0 Å². The zero-order chi connectivity index (χ0) is 16.8. The predicted molar refractivity (Wildman–Crippen MR) is 97.8 cm³/mol. The average Bonchev–Trinajstić information content (AvgIpc) is 2.61. The van der Waals surface area contributed by atoms with Crippen LogP contribution in [0.4, 0.5) is 23.1 Å². The third kappa shape index (κ3) is 4.46. The van der Waals surface area contributed by atoms with Crippen molar-refractivity contribution in [2.45, 2.75) is 19.3 Å². The number of anilines is 4. The number of aromatic nitrogens is 3. The zero-order valence-electron chi connectivity index (χ0n) is 13.5. The summed E-state index contributed by atoms with van der Waals surface area (Å²) < 4.78 is 0. The van der Waals surface area contributed by atoms with Crippen molar-refractivity contribution in [3.8, 4) is 0 Å². The predicted octanol–water partition coefficient (Wildman–Crippen LogP) is 2.75. The van der Waals surface area contributed by atoms with Crippen molar-refractivity contribution < 1.29 is 0 Å². The van der Waals surface area contributed by atoms with E-state index in [2.05, 4.69) is 30.5 Å². The lowest BCUT2D eigenvalue weighted by molar-refractivity contribution is 0.237. The molecule has 0 amide bonds. The second kappa shape index (κ2) is 8.12. The largest absolute Gasteiger partial charge is 0.393 e. The highest BCUT2D eigenvalue weighted by Crippen LogP contribution is 2.25. The number of nitrogen functional groups attached to an aromatic ring is 1. The third-order valence-corrected chi connectivity index (χ3v) is 4.25. The fraction of sp³-hybridized carbons (Fsp3) is 0.438. The van der Waals surface area contributed by atoms with Crippen LogP contribution >= 0.6 is 11.6 Å². The summed E-state index contributed by atoms with van der Waals surface area (Å²) >= 11 is 5.84. The van der Waals surface area contributed by atoms with Crippen LogP contribution < -0.4 is 16.4 Å². The van der Waals surface area contributed by atoms with Crippen LogP contribution in [0.25, 0.3) is 0 Å². The molecule has 7 nitrogen and oxygen atoms in total. The molecule has 8 heteroatoms. The molecule has 0 aromatic carbocycles. The molecule has 3 rings (SSSR count). The summed E-state index contributed by atoms with van der Waals surface area (Å²) in [6, 6.07) is 3.53. The molecule has 4 N–H and O–H groups in total. The molecule has 2 aromatic heterocycles. The summed E-state index contributed by atoms with van der Waals surface area (Å²) in [5.74, 6) is 1.79. The smallest absolute Gasteiger partial charge is 0.160 e. The van der Waals surface area contributed by atoms with Crippen LogP contribution in [0.15, 0.2) is 24.7 Å². The number of piperidine rings is 1.